The number of aryl methyl sites for hydroxylation is 1. The van der Waals surface area contributed by atoms with Crippen LogP contribution in [0, 0.1) is 12.3 Å². The van der Waals surface area contributed by atoms with Gasteiger partial charge in [-0.2, -0.15) is 5.10 Å². The molecule has 3 rings (SSSR count). The molecule has 1 aromatic carbocycles. The zero-order chi connectivity index (χ0) is 15.6. The van der Waals surface area contributed by atoms with E-state index in [0.29, 0.717) is 12.4 Å². The van der Waals surface area contributed by atoms with Crippen molar-refractivity contribution in [2.45, 2.75) is 19.8 Å². The zero-order valence-electron chi connectivity index (χ0n) is 12.5. The normalized spacial score (nSPS) is 15.4. The molecule has 0 atom stereocenters. The Kier molecular flexibility index (Phi) is 3.85. The SMILES string of the molecule is Cc1ccccc1-n1nccc1NC(=O)NCC1(CO)CC1. The third kappa shape index (κ3) is 2.96. The van der Waals surface area contributed by atoms with Crippen LogP contribution in [-0.2, 0) is 0 Å². The van der Waals surface area contributed by atoms with E-state index >= 15 is 0 Å². The number of aliphatic hydroxyl groups excluding tert-OH is 1. The predicted octanol–water partition coefficient (Wildman–Crippen LogP) is 2.07. The number of benzene rings is 1. The Morgan fingerprint density at radius 1 is 1.36 bits per heavy atom. The van der Waals surface area contributed by atoms with E-state index in [1.54, 1.807) is 16.9 Å². The number of hydrogen-bond donors (Lipinski definition) is 3. The van der Waals surface area contributed by atoms with Gasteiger partial charge in [-0.1, -0.05) is 18.2 Å². The molecule has 6 nitrogen and oxygen atoms in total. The summed E-state index contributed by atoms with van der Waals surface area (Å²) in [6.07, 6.45) is 3.58. The summed E-state index contributed by atoms with van der Waals surface area (Å²) in [6.45, 7) is 2.61. The predicted molar refractivity (Wildman–Crippen MR) is 84.1 cm³/mol. The van der Waals surface area contributed by atoms with Crippen LogP contribution < -0.4 is 10.6 Å². The summed E-state index contributed by atoms with van der Waals surface area (Å²) in [5.41, 5.74) is 1.90. The summed E-state index contributed by atoms with van der Waals surface area (Å²) in [4.78, 5) is 12.0. The molecule has 6 heteroatoms. The number of anilines is 1. The van der Waals surface area contributed by atoms with E-state index in [1.165, 1.54) is 0 Å². The zero-order valence-corrected chi connectivity index (χ0v) is 12.5. The number of urea groups is 1. The van der Waals surface area contributed by atoms with Crippen molar-refractivity contribution in [3.63, 3.8) is 0 Å². The Morgan fingerprint density at radius 2 is 2.14 bits per heavy atom. The fourth-order valence-electron chi connectivity index (χ4n) is 2.39. The van der Waals surface area contributed by atoms with E-state index in [4.69, 9.17) is 0 Å². The fourth-order valence-corrected chi connectivity index (χ4v) is 2.39. The van der Waals surface area contributed by atoms with E-state index in [1.807, 2.05) is 31.2 Å². The molecule has 1 aromatic heterocycles. The summed E-state index contributed by atoms with van der Waals surface area (Å²) in [5, 5.41) is 19.2. The second kappa shape index (κ2) is 5.81. The van der Waals surface area contributed by atoms with Crippen molar-refractivity contribution in [2.75, 3.05) is 18.5 Å². The Balaban J connectivity index is 1.68. The van der Waals surface area contributed by atoms with Gasteiger partial charge in [-0.25, -0.2) is 9.48 Å². The molecule has 3 N–H and O–H groups in total. The summed E-state index contributed by atoms with van der Waals surface area (Å²) < 4.78 is 1.70. The Hall–Kier alpha value is -2.34. The number of aliphatic hydroxyl groups is 1. The molecule has 0 saturated heterocycles. The van der Waals surface area contributed by atoms with Crippen molar-refractivity contribution in [2.24, 2.45) is 5.41 Å². The van der Waals surface area contributed by atoms with Gasteiger partial charge in [0.25, 0.3) is 0 Å². The molecule has 1 heterocycles. The molecular formula is C16H20N4O2. The lowest BCUT2D eigenvalue weighted by molar-refractivity contribution is 0.206. The number of carbonyl (C=O) groups is 1. The summed E-state index contributed by atoms with van der Waals surface area (Å²) >= 11 is 0. The quantitative estimate of drug-likeness (QED) is 0.791. The average molecular weight is 300 g/mol. The van der Waals surface area contributed by atoms with Crippen LogP contribution >= 0.6 is 0 Å². The van der Waals surface area contributed by atoms with Crippen LogP contribution in [0.5, 0.6) is 0 Å². The third-order valence-corrected chi connectivity index (χ3v) is 4.14. The number of para-hydroxylation sites is 1. The largest absolute Gasteiger partial charge is 0.396 e. The van der Waals surface area contributed by atoms with Gasteiger partial charge in [-0.05, 0) is 31.4 Å². The lowest BCUT2D eigenvalue weighted by Gasteiger charge is -2.14. The molecule has 1 fully saturated rings. The van der Waals surface area contributed by atoms with Crippen LogP contribution in [-0.4, -0.2) is 34.1 Å². The molecular weight excluding hydrogens is 280 g/mol. The van der Waals surface area contributed by atoms with E-state index < -0.39 is 0 Å². The number of amides is 2. The first-order chi connectivity index (χ1) is 10.6. The van der Waals surface area contributed by atoms with Crippen molar-refractivity contribution in [1.29, 1.82) is 0 Å². The van der Waals surface area contributed by atoms with Gasteiger partial charge in [0, 0.05) is 18.0 Å². The molecule has 0 bridgehead atoms. The smallest absolute Gasteiger partial charge is 0.320 e. The topological polar surface area (TPSA) is 79.2 Å². The van der Waals surface area contributed by atoms with Gasteiger partial charge in [0.15, 0.2) is 0 Å². The van der Waals surface area contributed by atoms with Crippen molar-refractivity contribution < 1.29 is 9.90 Å². The molecule has 22 heavy (non-hydrogen) atoms. The molecule has 1 aliphatic carbocycles. The average Bonchev–Trinajstić information content (AvgIpc) is 3.18. The van der Waals surface area contributed by atoms with Gasteiger partial charge >= 0.3 is 6.03 Å². The highest BCUT2D eigenvalue weighted by molar-refractivity contribution is 5.88. The molecule has 0 unspecified atom stereocenters. The first kappa shape index (κ1) is 14.6. The van der Waals surface area contributed by atoms with Crippen LogP contribution in [0.15, 0.2) is 36.5 Å². The van der Waals surface area contributed by atoms with Gasteiger partial charge in [0.1, 0.15) is 5.82 Å². The molecule has 2 aromatic rings. The second-order valence-electron chi connectivity index (χ2n) is 5.88. The number of rotatable bonds is 5. The molecule has 1 aliphatic rings. The van der Waals surface area contributed by atoms with Gasteiger partial charge in [-0.3, -0.25) is 5.32 Å². The Morgan fingerprint density at radius 3 is 2.82 bits per heavy atom. The first-order valence-corrected chi connectivity index (χ1v) is 7.39. The minimum absolute atomic E-state index is 0.104. The van der Waals surface area contributed by atoms with Gasteiger partial charge in [-0.15, -0.1) is 0 Å². The molecule has 0 spiro atoms. The lowest BCUT2D eigenvalue weighted by atomic mass is 10.1. The van der Waals surface area contributed by atoms with E-state index in [0.717, 1.165) is 24.1 Å². The fraction of sp³-hybridized carbons (Fsp3) is 0.375. The van der Waals surface area contributed by atoms with Gasteiger partial charge in [0.05, 0.1) is 18.5 Å². The maximum atomic E-state index is 12.0. The molecule has 0 radical (unpaired) electrons. The molecule has 116 valence electrons. The van der Waals surface area contributed by atoms with Crippen LogP contribution in [0.25, 0.3) is 5.69 Å². The number of aromatic nitrogens is 2. The highest BCUT2D eigenvalue weighted by Crippen LogP contribution is 2.44. The van der Waals surface area contributed by atoms with Crippen LogP contribution in [0.3, 0.4) is 0 Å². The van der Waals surface area contributed by atoms with E-state index in [2.05, 4.69) is 15.7 Å². The minimum atomic E-state index is -0.282. The van der Waals surface area contributed by atoms with E-state index in [-0.39, 0.29) is 18.1 Å². The van der Waals surface area contributed by atoms with Crippen molar-refractivity contribution >= 4 is 11.8 Å². The maximum Gasteiger partial charge on any atom is 0.320 e. The molecule has 2 amide bonds. The number of carbonyl (C=O) groups excluding carboxylic acids is 1. The van der Waals surface area contributed by atoms with Gasteiger partial charge < -0.3 is 10.4 Å². The van der Waals surface area contributed by atoms with Crippen LogP contribution in [0.2, 0.25) is 0 Å². The van der Waals surface area contributed by atoms with Crippen LogP contribution in [0.1, 0.15) is 18.4 Å². The molecule has 1 saturated carbocycles. The lowest BCUT2D eigenvalue weighted by Crippen LogP contribution is -2.35. The van der Waals surface area contributed by atoms with Crippen molar-refractivity contribution in [3.8, 4) is 5.69 Å². The monoisotopic (exact) mass is 300 g/mol. The first-order valence-electron chi connectivity index (χ1n) is 7.39. The third-order valence-electron chi connectivity index (χ3n) is 4.14. The van der Waals surface area contributed by atoms with Gasteiger partial charge in [0.2, 0.25) is 0 Å². The summed E-state index contributed by atoms with van der Waals surface area (Å²) in [5.74, 6) is 0.612. The minimum Gasteiger partial charge on any atom is -0.396 e. The standard InChI is InChI=1S/C16H20N4O2/c1-12-4-2-3-5-13(12)20-14(6-9-18-20)19-15(22)17-10-16(11-21)7-8-16/h2-6,9,21H,7-8,10-11H2,1H3,(H2,17,19,22). The van der Waals surface area contributed by atoms with Crippen LogP contribution in [0.4, 0.5) is 10.6 Å². The summed E-state index contributed by atoms with van der Waals surface area (Å²) in [6, 6.07) is 9.33. The number of nitrogens with one attached hydrogen (secondary N) is 2. The Bertz CT molecular complexity index is 676. The van der Waals surface area contributed by atoms with Crippen molar-refractivity contribution in [1.82, 2.24) is 15.1 Å². The highest BCUT2D eigenvalue weighted by atomic mass is 16.3. The Labute approximate surface area is 129 Å². The number of nitrogens with zero attached hydrogens (tertiary/aromatic N) is 2. The number of hydrogen-bond acceptors (Lipinski definition) is 3. The van der Waals surface area contributed by atoms with E-state index in [9.17, 15) is 9.90 Å². The maximum absolute atomic E-state index is 12.0. The summed E-state index contributed by atoms with van der Waals surface area (Å²) in [7, 11) is 0. The molecule has 0 aliphatic heterocycles. The van der Waals surface area contributed by atoms with Crippen molar-refractivity contribution in [3.05, 3.63) is 42.1 Å². The second-order valence-corrected chi connectivity index (χ2v) is 5.88. The highest BCUT2D eigenvalue weighted by Gasteiger charge is 2.42.